The third kappa shape index (κ3) is 2.72. The SMILES string of the molecule is CCc1nn(CCC(C)O)c(CC)c1N. The summed E-state index contributed by atoms with van der Waals surface area (Å²) in [5, 5.41) is 13.7. The van der Waals surface area contributed by atoms with Crippen molar-refractivity contribution in [3.63, 3.8) is 0 Å². The van der Waals surface area contributed by atoms with Crippen molar-refractivity contribution in [2.45, 2.75) is 52.7 Å². The normalized spacial score (nSPS) is 13.1. The Bertz CT molecular complexity index is 318. The van der Waals surface area contributed by atoms with E-state index in [4.69, 9.17) is 5.73 Å². The standard InChI is InChI=1S/C11H21N3O/c1-4-9-11(12)10(5-2)14(13-9)7-6-8(3)15/h8,15H,4-7,12H2,1-3H3. The topological polar surface area (TPSA) is 64.1 Å². The quantitative estimate of drug-likeness (QED) is 0.773. The second kappa shape index (κ2) is 5.16. The molecule has 0 bridgehead atoms. The van der Waals surface area contributed by atoms with Crippen LogP contribution in [0.25, 0.3) is 0 Å². The fourth-order valence-corrected chi connectivity index (χ4v) is 1.69. The highest BCUT2D eigenvalue weighted by Gasteiger charge is 2.12. The molecule has 0 spiro atoms. The summed E-state index contributed by atoms with van der Waals surface area (Å²) in [5.74, 6) is 0. The van der Waals surface area contributed by atoms with Crippen LogP contribution in [0.1, 0.15) is 38.6 Å². The maximum absolute atomic E-state index is 9.24. The molecule has 0 aromatic carbocycles. The monoisotopic (exact) mass is 211 g/mol. The van der Waals surface area contributed by atoms with Gasteiger partial charge >= 0.3 is 0 Å². The molecule has 1 aromatic heterocycles. The number of nitrogen functional groups attached to an aromatic ring is 1. The molecule has 1 rings (SSSR count). The summed E-state index contributed by atoms with van der Waals surface area (Å²) in [6, 6.07) is 0. The first-order chi connectivity index (χ1) is 7.10. The number of anilines is 1. The molecule has 1 atom stereocenters. The van der Waals surface area contributed by atoms with E-state index < -0.39 is 0 Å². The zero-order chi connectivity index (χ0) is 11.4. The molecule has 1 aromatic rings. The summed E-state index contributed by atoms with van der Waals surface area (Å²) < 4.78 is 1.93. The Balaban J connectivity index is 2.86. The summed E-state index contributed by atoms with van der Waals surface area (Å²) in [6.45, 7) is 6.66. The highest BCUT2D eigenvalue weighted by Crippen LogP contribution is 2.18. The van der Waals surface area contributed by atoms with Gasteiger partial charge in [-0.3, -0.25) is 4.68 Å². The number of aryl methyl sites for hydroxylation is 2. The van der Waals surface area contributed by atoms with Crippen molar-refractivity contribution in [3.05, 3.63) is 11.4 Å². The van der Waals surface area contributed by atoms with Gasteiger partial charge in [-0.25, -0.2) is 0 Å². The second-order valence-corrected chi connectivity index (χ2v) is 3.88. The molecule has 0 aliphatic heterocycles. The van der Waals surface area contributed by atoms with Crippen molar-refractivity contribution < 1.29 is 5.11 Å². The highest BCUT2D eigenvalue weighted by atomic mass is 16.3. The molecule has 0 saturated carbocycles. The molecular formula is C11H21N3O. The lowest BCUT2D eigenvalue weighted by Crippen LogP contribution is -2.11. The predicted octanol–water partition coefficient (Wildman–Crippen LogP) is 1.36. The Hall–Kier alpha value is -1.03. The van der Waals surface area contributed by atoms with Gasteiger partial charge in [0.1, 0.15) is 0 Å². The molecule has 1 heterocycles. The predicted molar refractivity (Wildman–Crippen MR) is 61.7 cm³/mol. The molecule has 4 heteroatoms. The van der Waals surface area contributed by atoms with E-state index in [1.54, 1.807) is 6.92 Å². The van der Waals surface area contributed by atoms with Gasteiger partial charge in [-0.05, 0) is 26.2 Å². The van der Waals surface area contributed by atoms with E-state index in [2.05, 4.69) is 18.9 Å². The summed E-state index contributed by atoms with van der Waals surface area (Å²) >= 11 is 0. The number of aromatic nitrogens is 2. The van der Waals surface area contributed by atoms with Gasteiger partial charge in [0.25, 0.3) is 0 Å². The highest BCUT2D eigenvalue weighted by molar-refractivity contribution is 5.48. The molecular weight excluding hydrogens is 190 g/mol. The molecule has 86 valence electrons. The van der Waals surface area contributed by atoms with Gasteiger partial charge in [0.2, 0.25) is 0 Å². The van der Waals surface area contributed by atoms with E-state index >= 15 is 0 Å². The van der Waals surface area contributed by atoms with Crippen LogP contribution in [0.4, 0.5) is 5.69 Å². The van der Waals surface area contributed by atoms with Gasteiger partial charge in [0.15, 0.2) is 0 Å². The zero-order valence-electron chi connectivity index (χ0n) is 9.82. The Morgan fingerprint density at radius 1 is 1.40 bits per heavy atom. The first-order valence-electron chi connectivity index (χ1n) is 5.62. The molecule has 0 amide bonds. The van der Waals surface area contributed by atoms with E-state index in [-0.39, 0.29) is 6.10 Å². The van der Waals surface area contributed by atoms with Crippen molar-refractivity contribution in [2.75, 3.05) is 5.73 Å². The number of aliphatic hydroxyl groups is 1. The average molecular weight is 211 g/mol. The average Bonchev–Trinajstić information content (AvgIpc) is 2.51. The Labute approximate surface area is 91.1 Å². The van der Waals surface area contributed by atoms with Crippen LogP contribution in [-0.2, 0) is 19.4 Å². The molecule has 1 unspecified atom stereocenters. The van der Waals surface area contributed by atoms with Crippen LogP contribution in [0.15, 0.2) is 0 Å². The van der Waals surface area contributed by atoms with Crippen molar-refractivity contribution in [1.29, 1.82) is 0 Å². The van der Waals surface area contributed by atoms with Gasteiger partial charge < -0.3 is 10.8 Å². The van der Waals surface area contributed by atoms with Gasteiger partial charge in [-0.1, -0.05) is 13.8 Å². The smallest absolute Gasteiger partial charge is 0.0854 e. The van der Waals surface area contributed by atoms with Gasteiger partial charge in [-0.15, -0.1) is 0 Å². The van der Waals surface area contributed by atoms with Crippen LogP contribution >= 0.6 is 0 Å². The van der Waals surface area contributed by atoms with E-state index in [0.717, 1.165) is 42.9 Å². The van der Waals surface area contributed by atoms with Gasteiger partial charge in [-0.2, -0.15) is 5.10 Å². The lowest BCUT2D eigenvalue weighted by Gasteiger charge is -2.07. The molecule has 3 N–H and O–H groups in total. The van der Waals surface area contributed by atoms with Crippen LogP contribution in [0.2, 0.25) is 0 Å². The number of aliphatic hydroxyl groups excluding tert-OH is 1. The van der Waals surface area contributed by atoms with Crippen LogP contribution < -0.4 is 5.73 Å². The molecule has 0 aliphatic rings. The van der Waals surface area contributed by atoms with Crippen LogP contribution in [0.3, 0.4) is 0 Å². The number of nitrogens with two attached hydrogens (primary N) is 1. The minimum Gasteiger partial charge on any atom is -0.396 e. The summed E-state index contributed by atoms with van der Waals surface area (Å²) in [5.41, 5.74) is 8.87. The molecule has 4 nitrogen and oxygen atoms in total. The molecule has 0 radical (unpaired) electrons. The third-order valence-electron chi connectivity index (χ3n) is 2.60. The van der Waals surface area contributed by atoms with Crippen LogP contribution in [0.5, 0.6) is 0 Å². The van der Waals surface area contributed by atoms with Crippen molar-refractivity contribution >= 4 is 5.69 Å². The number of nitrogens with zero attached hydrogens (tertiary/aromatic N) is 2. The van der Waals surface area contributed by atoms with E-state index in [1.165, 1.54) is 0 Å². The fourth-order valence-electron chi connectivity index (χ4n) is 1.69. The first-order valence-corrected chi connectivity index (χ1v) is 5.62. The Morgan fingerprint density at radius 3 is 2.53 bits per heavy atom. The number of hydrogen-bond acceptors (Lipinski definition) is 3. The van der Waals surface area contributed by atoms with E-state index in [0.29, 0.717) is 0 Å². The molecule has 0 fully saturated rings. The Kier molecular flexibility index (Phi) is 4.15. The lowest BCUT2D eigenvalue weighted by molar-refractivity contribution is 0.175. The van der Waals surface area contributed by atoms with Gasteiger partial charge in [0, 0.05) is 6.54 Å². The zero-order valence-corrected chi connectivity index (χ0v) is 9.82. The fraction of sp³-hybridized carbons (Fsp3) is 0.727. The third-order valence-corrected chi connectivity index (χ3v) is 2.60. The minimum absolute atomic E-state index is 0.287. The minimum atomic E-state index is -0.287. The van der Waals surface area contributed by atoms with E-state index in [1.807, 2.05) is 4.68 Å². The summed E-state index contributed by atoms with van der Waals surface area (Å²) in [4.78, 5) is 0. The lowest BCUT2D eigenvalue weighted by atomic mass is 10.2. The maximum atomic E-state index is 9.24. The number of hydrogen-bond donors (Lipinski definition) is 2. The van der Waals surface area contributed by atoms with E-state index in [9.17, 15) is 5.11 Å². The maximum Gasteiger partial charge on any atom is 0.0854 e. The van der Waals surface area contributed by atoms with Crippen molar-refractivity contribution in [1.82, 2.24) is 9.78 Å². The number of rotatable bonds is 5. The van der Waals surface area contributed by atoms with Crippen LogP contribution in [-0.4, -0.2) is 21.0 Å². The summed E-state index contributed by atoms with van der Waals surface area (Å²) in [7, 11) is 0. The van der Waals surface area contributed by atoms with Gasteiger partial charge in [0.05, 0.1) is 23.2 Å². The second-order valence-electron chi connectivity index (χ2n) is 3.88. The largest absolute Gasteiger partial charge is 0.396 e. The van der Waals surface area contributed by atoms with Crippen LogP contribution in [0, 0.1) is 0 Å². The van der Waals surface area contributed by atoms with Crippen molar-refractivity contribution in [3.8, 4) is 0 Å². The molecule has 0 saturated heterocycles. The Morgan fingerprint density at radius 2 is 2.07 bits per heavy atom. The summed E-state index contributed by atoms with van der Waals surface area (Å²) in [6.07, 6.45) is 2.18. The first kappa shape index (κ1) is 12.0. The molecule has 15 heavy (non-hydrogen) atoms. The van der Waals surface area contributed by atoms with Crippen molar-refractivity contribution in [2.24, 2.45) is 0 Å². The molecule has 0 aliphatic carbocycles.